The number of nitrogens with one attached hydrogen (secondary N) is 2. The number of carbonyl (C=O) groups excluding carboxylic acids is 1. The van der Waals surface area contributed by atoms with Gasteiger partial charge in [0.15, 0.2) is 0 Å². The van der Waals surface area contributed by atoms with Crippen LogP contribution in [0.5, 0.6) is 0 Å². The van der Waals surface area contributed by atoms with Crippen molar-refractivity contribution in [3.05, 3.63) is 12.2 Å². The number of urea groups is 1. The second kappa shape index (κ2) is 6.11. The van der Waals surface area contributed by atoms with Crippen molar-refractivity contribution < 1.29 is 14.7 Å². The van der Waals surface area contributed by atoms with Crippen LogP contribution in [0.15, 0.2) is 6.33 Å². The highest BCUT2D eigenvalue weighted by molar-refractivity contribution is 5.79. The molecule has 0 spiro atoms. The van der Waals surface area contributed by atoms with E-state index in [4.69, 9.17) is 0 Å². The molecular formula is C13H23N5O3. The van der Waals surface area contributed by atoms with E-state index in [0.29, 0.717) is 13.0 Å². The van der Waals surface area contributed by atoms with Crippen LogP contribution in [0.2, 0.25) is 0 Å². The Hall–Kier alpha value is -2.12. The van der Waals surface area contributed by atoms with Crippen LogP contribution >= 0.6 is 0 Å². The molecule has 0 aromatic carbocycles. The predicted molar refractivity (Wildman–Crippen MR) is 76.7 cm³/mol. The van der Waals surface area contributed by atoms with Crippen molar-refractivity contribution in [3.63, 3.8) is 0 Å². The van der Waals surface area contributed by atoms with Crippen molar-refractivity contribution in [2.75, 3.05) is 6.54 Å². The smallest absolute Gasteiger partial charge is 0.315 e. The molecule has 8 nitrogen and oxygen atoms in total. The Kier molecular flexibility index (Phi) is 4.93. The van der Waals surface area contributed by atoms with Gasteiger partial charge in [-0.05, 0) is 27.7 Å². The molecule has 0 atom stereocenters. The van der Waals surface area contributed by atoms with Gasteiger partial charge in [0.25, 0.3) is 0 Å². The molecule has 8 heteroatoms. The molecular weight excluding hydrogens is 274 g/mol. The molecule has 0 unspecified atom stereocenters. The number of carboxylic acid groups (broad SMARTS) is 1. The van der Waals surface area contributed by atoms with E-state index >= 15 is 0 Å². The molecule has 118 valence electrons. The van der Waals surface area contributed by atoms with Crippen molar-refractivity contribution >= 4 is 12.0 Å². The summed E-state index contributed by atoms with van der Waals surface area (Å²) in [5.74, 6) is -0.202. The highest BCUT2D eigenvalue weighted by atomic mass is 16.4. The summed E-state index contributed by atoms with van der Waals surface area (Å²) in [5, 5.41) is 22.3. The Morgan fingerprint density at radius 2 is 1.95 bits per heavy atom. The van der Waals surface area contributed by atoms with Gasteiger partial charge in [-0.15, -0.1) is 10.2 Å². The average molecular weight is 297 g/mol. The van der Waals surface area contributed by atoms with Crippen molar-refractivity contribution in [2.45, 2.75) is 39.7 Å². The maximum absolute atomic E-state index is 11.9. The van der Waals surface area contributed by atoms with Gasteiger partial charge in [-0.1, -0.05) is 0 Å². The molecule has 0 aliphatic rings. The third kappa shape index (κ3) is 3.93. The van der Waals surface area contributed by atoms with Crippen LogP contribution in [0.4, 0.5) is 4.79 Å². The van der Waals surface area contributed by atoms with Crippen molar-refractivity contribution in [1.82, 2.24) is 25.4 Å². The zero-order valence-electron chi connectivity index (χ0n) is 13.1. The first-order chi connectivity index (χ1) is 9.58. The minimum absolute atomic E-state index is 0.391. The number of aryl methyl sites for hydroxylation is 1. The quantitative estimate of drug-likeness (QED) is 0.710. The molecule has 0 radical (unpaired) electrons. The number of hydrogen-bond acceptors (Lipinski definition) is 4. The topological polar surface area (TPSA) is 109 Å². The summed E-state index contributed by atoms with van der Waals surface area (Å²) in [7, 11) is 1.83. The van der Waals surface area contributed by atoms with Crippen molar-refractivity contribution in [3.8, 4) is 0 Å². The Morgan fingerprint density at radius 3 is 2.43 bits per heavy atom. The zero-order valence-corrected chi connectivity index (χ0v) is 13.1. The van der Waals surface area contributed by atoms with E-state index in [9.17, 15) is 14.7 Å². The number of rotatable bonds is 6. The molecule has 0 fully saturated rings. The van der Waals surface area contributed by atoms with Gasteiger partial charge in [0, 0.05) is 20.0 Å². The Labute approximate surface area is 123 Å². The highest BCUT2D eigenvalue weighted by Crippen LogP contribution is 2.30. The van der Waals surface area contributed by atoms with Crippen LogP contribution in [0.25, 0.3) is 0 Å². The van der Waals surface area contributed by atoms with Crippen LogP contribution < -0.4 is 10.6 Å². The third-order valence-corrected chi connectivity index (χ3v) is 3.96. The fourth-order valence-corrected chi connectivity index (χ4v) is 1.57. The zero-order chi connectivity index (χ0) is 16.3. The number of carboxylic acids is 1. The van der Waals surface area contributed by atoms with Gasteiger partial charge in [0.05, 0.1) is 11.0 Å². The minimum Gasteiger partial charge on any atom is -0.481 e. The fourth-order valence-electron chi connectivity index (χ4n) is 1.57. The highest BCUT2D eigenvalue weighted by Gasteiger charge is 2.44. The monoisotopic (exact) mass is 297 g/mol. The van der Waals surface area contributed by atoms with Gasteiger partial charge in [0.2, 0.25) is 0 Å². The van der Waals surface area contributed by atoms with Gasteiger partial charge in [0.1, 0.15) is 12.2 Å². The molecule has 0 bridgehead atoms. The van der Waals surface area contributed by atoms with E-state index in [1.807, 2.05) is 7.05 Å². The average Bonchev–Trinajstić information content (AvgIpc) is 2.74. The standard InChI is InChI=1S/C13H23N5O3/c1-12(2,10(19)20)13(3,4)16-11(21)14-7-6-9-17-15-8-18(9)5/h8H,6-7H2,1-5H3,(H,19,20)(H2,14,16,21). The Morgan fingerprint density at radius 1 is 1.33 bits per heavy atom. The van der Waals surface area contributed by atoms with Crippen LogP contribution in [0.3, 0.4) is 0 Å². The summed E-state index contributed by atoms with van der Waals surface area (Å²) in [4.78, 5) is 23.1. The van der Waals surface area contributed by atoms with Gasteiger partial charge in [-0.25, -0.2) is 4.79 Å². The van der Waals surface area contributed by atoms with E-state index in [-0.39, 0.29) is 0 Å². The number of amides is 2. The first-order valence-corrected chi connectivity index (χ1v) is 6.70. The third-order valence-electron chi connectivity index (χ3n) is 3.96. The lowest BCUT2D eigenvalue weighted by atomic mass is 9.74. The number of hydrogen-bond donors (Lipinski definition) is 3. The van der Waals surface area contributed by atoms with Gasteiger partial charge < -0.3 is 20.3 Å². The van der Waals surface area contributed by atoms with Crippen LogP contribution in [-0.4, -0.2) is 44.0 Å². The van der Waals surface area contributed by atoms with Gasteiger partial charge in [-0.3, -0.25) is 4.79 Å². The van der Waals surface area contributed by atoms with E-state index in [0.717, 1.165) is 5.82 Å². The summed E-state index contributed by atoms with van der Waals surface area (Å²) in [5.41, 5.74) is -1.98. The molecule has 0 aliphatic heterocycles. The maximum atomic E-state index is 11.9. The van der Waals surface area contributed by atoms with Crippen LogP contribution in [0.1, 0.15) is 33.5 Å². The van der Waals surface area contributed by atoms with E-state index in [1.54, 1.807) is 38.6 Å². The number of carbonyl (C=O) groups is 2. The summed E-state index contributed by atoms with van der Waals surface area (Å²) < 4.78 is 1.77. The van der Waals surface area contributed by atoms with Crippen LogP contribution in [0, 0.1) is 5.41 Å². The molecule has 1 heterocycles. The van der Waals surface area contributed by atoms with E-state index in [1.165, 1.54) is 0 Å². The van der Waals surface area contributed by atoms with E-state index < -0.39 is 23.0 Å². The molecule has 1 rings (SSSR count). The van der Waals surface area contributed by atoms with Gasteiger partial charge >= 0.3 is 12.0 Å². The van der Waals surface area contributed by atoms with Crippen molar-refractivity contribution in [1.29, 1.82) is 0 Å². The maximum Gasteiger partial charge on any atom is 0.315 e. The lowest BCUT2D eigenvalue weighted by Gasteiger charge is -2.38. The number of aromatic nitrogens is 3. The summed E-state index contributed by atoms with van der Waals surface area (Å²) in [6, 6.07) is -0.406. The lowest BCUT2D eigenvalue weighted by molar-refractivity contribution is -0.150. The second-order valence-corrected chi connectivity index (χ2v) is 6.04. The lowest BCUT2D eigenvalue weighted by Crippen LogP contribution is -2.59. The molecule has 0 saturated carbocycles. The van der Waals surface area contributed by atoms with E-state index in [2.05, 4.69) is 20.8 Å². The minimum atomic E-state index is -1.09. The van der Waals surface area contributed by atoms with Crippen LogP contribution in [-0.2, 0) is 18.3 Å². The predicted octanol–water partition coefficient (Wildman–Crippen LogP) is 0.546. The normalized spacial score (nSPS) is 12.0. The van der Waals surface area contributed by atoms with Gasteiger partial charge in [-0.2, -0.15) is 0 Å². The molecule has 0 aliphatic carbocycles. The van der Waals surface area contributed by atoms with Crippen molar-refractivity contribution in [2.24, 2.45) is 12.5 Å². The largest absolute Gasteiger partial charge is 0.481 e. The first-order valence-electron chi connectivity index (χ1n) is 6.70. The Bertz CT molecular complexity index is 522. The molecule has 1 aromatic heterocycles. The molecule has 2 amide bonds. The number of nitrogens with zero attached hydrogens (tertiary/aromatic N) is 3. The Balaban J connectivity index is 2.50. The molecule has 1 aromatic rings. The molecule has 0 saturated heterocycles. The summed E-state index contributed by atoms with van der Waals surface area (Å²) in [6.07, 6.45) is 2.14. The first kappa shape index (κ1) is 16.9. The fraction of sp³-hybridized carbons (Fsp3) is 0.692. The molecule has 3 N–H and O–H groups in total. The summed E-state index contributed by atoms with van der Waals surface area (Å²) in [6.45, 7) is 6.92. The SMILES string of the molecule is Cn1cnnc1CCNC(=O)NC(C)(C)C(C)(C)C(=O)O. The second-order valence-electron chi connectivity index (χ2n) is 6.04. The summed E-state index contributed by atoms with van der Waals surface area (Å²) >= 11 is 0. The molecule has 21 heavy (non-hydrogen) atoms. The number of aliphatic carboxylic acids is 1.